The molecule has 0 radical (unpaired) electrons. The van der Waals surface area contributed by atoms with Crippen LogP contribution in [0, 0.1) is 0 Å². The second kappa shape index (κ2) is 2.89. The lowest BCUT2D eigenvalue weighted by molar-refractivity contribution is -0.165. The van der Waals surface area contributed by atoms with Crippen molar-refractivity contribution < 1.29 is 9.84 Å². The summed E-state index contributed by atoms with van der Waals surface area (Å²) in [5.41, 5.74) is 0.0359. The van der Waals surface area contributed by atoms with Crippen LogP contribution in [-0.2, 0) is 4.74 Å². The van der Waals surface area contributed by atoms with Crippen molar-refractivity contribution in [1.29, 1.82) is 0 Å². The SMILES string of the molecule is CCC1(CC(C)O)CCO1. The molecule has 0 spiro atoms. The van der Waals surface area contributed by atoms with Gasteiger partial charge in [0.25, 0.3) is 0 Å². The Kier molecular flexibility index (Phi) is 2.32. The van der Waals surface area contributed by atoms with Gasteiger partial charge in [-0.2, -0.15) is 0 Å². The first kappa shape index (κ1) is 8.02. The van der Waals surface area contributed by atoms with E-state index in [1.165, 1.54) is 0 Å². The van der Waals surface area contributed by atoms with Crippen molar-refractivity contribution >= 4 is 0 Å². The van der Waals surface area contributed by atoms with Crippen molar-refractivity contribution in [2.24, 2.45) is 0 Å². The smallest absolute Gasteiger partial charge is 0.0726 e. The van der Waals surface area contributed by atoms with Crippen molar-refractivity contribution in [2.75, 3.05) is 6.61 Å². The van der Waals surface area contributed by atoms with Crippen LogP contribution in [0.5, 0.6) is 0 Å². The molecule has 1 N–H and O–H groups in total. The maximum absolute atomic E-state index is 9.10. The first-order valence-electron chi connectivity index (χ1n) is 4.00. The van der Waals surface area contributed by atoms with Crippen molar-refractivity contribution in [2.45, 2.75) is 44.8 Å². The summed E-state index contributed by atoms with van der Waals surface area (Å²) >= 11 is 0. The van der Waals surface area contributed by atoms with Crippen LogP contribution in [-0.4, -0.2) is 23.4 Å². The largest absolute Gasteiger partial charge is 0.393 e. The molecule has 0 aromatic rings. The minimum absolute atomic E-state index is 0.0359. The van der Waals surface area contributed by atoms with E-state index in [1.807, 2.05) is 6.92 Å². The third-order valence-corrected chi connectivity index (χ3v) is 2.28. The van der Waals surface area contributed by atoms with Gasteiger partial charge >= 0.3 is 0 Å². The molecule has 1 aliphatic rings. The monoisotopic (exact) mass is 144 g/mol. The molecule has 1 fully saturated rings. The van der Waals surface area contributed by atoms with Crippen LogP contribution in [0.3, 0.4) is 0 Å². The standard InChI is InChI=1S/C8H16O2/c1-3-8(4-5-10-8)6-7(2)9/h7,9H,3-6H2,1-2H3. The molecule has 1 heterocycles. The predicted octanol–water partition coefficient (Wildman–Crippen LogP) is 1.33. The maximum Gasteiger partial charge on any atom is 0.0726 e. The van der Waals surface area contributed by atoms with E-state index in [1.54, 1.807) is 0 Å². The van der Waals surface area contributed by atoms with Crippen LogP contribution >= 0.6 is 0 Å². The molecule has 0 aromatic heterocycles. The van der Waals surface area contributed by atoms with Crippen LogP contribution in [0.15, 0.2) is 0 Å². The minimum Gasteiger partial charge on any atom is -0.393 e. The molecule has 0 amide bonds. The van der Waals surface area contributed by atoms with E-state index in [2.05, 4.69) is 6.92 Å². The predicted molar refractivity (Wildman–Crippen MR) is 39.9 cm³/mol. The highest BCUT2D eigenvalue weighted by atomic mass is 16.5. The number of hydrogen-bond donors (Lipinski definition) is 1. The molecule has 2 heteroatoms. The maximum atomic E-state index is 9.10. The Hall–Kier alpha value is -0.0800. The van der Waals surface area contributed by atoms with E-state index in [9.17, 15) is 0 Å². The summed E-state index contributed by atoms with van der Waals surface area (Å²) in [4.78, 5) is 0. The zero-order chi connectivity index (χ0) is 7.61. The lowest BCUT2D eigenvalue weighted by atomic mass is 9.86. The van der Waals surface area contributed by atoms with Gasteiger partial charge in [-0.3, -0.25) is 0 Å². The number of aliphatic hydroxyl groups excluding tert-OH is 1. The molecule has 1 saturated heterocycles. The van der Waals surface area contributed by atoms with E-state index in [4.69, 9.17) is 9.84 Å². The molecule has 10 heavy (non-hydrogen) atoms. The van der Waals surface area contributed by atoms with E-state index in [0.29, 0.717) is 0 Å². The molecule has 0 bridgehead atoms. The number of ether oxygens (including phenoxy) is 1. The summed E-state index contributed by atoms with van der Waals surface area (Å²) in [6.45, 7) is 4.81. The summed E-state index contributed by atoms with van der Waals surface area (Å²) in [7, 11) is 0. The van der Waals surface area contributed by atoms with Gasteiger partial charge in [0.1, 0.15) is 0 Å². The zero-order valence-corrected chi connectivity index (χ0v) is 6.76. The molecule has 60 valence electrons. The molecular formula is C8H16O2. The average Bonchev–Trinajstić information content (AvgIpc) is 1.78. The lowest BCUT2D eigenvalue weighted by Gasteiger charge is -2.42. The molecule has 0 aliphatic carbocycles. The summed E-state index contributed by atoms with van der Waals surface area (Å²) < 4.78 is 5.42. The summed E-state index contributed by atoms with van der Waals surface area (Å²) in [5.74, 6) is 0. The quantitative estimate of drug-likeness (QED) is 0.647. The van der Waals surface area contributed by atoms with E-state index < -0.39 is 0 Å². The van der Waals surface area contributed by atoms with Gasteiger partial charge in [-0.25, -0.2) is 0 Å². The number of hydrogen-bond acceptors (Lipinski definition) is 2. The van der Waals surface area contributed by atoms with E-state index in [-0.39, 0.29) is 11.7 Å². The molecular weight excluding hydrogens is 128 g/mol. The third-order valence-electron chi connectivity index (χ3n) is 2.28. The van der Waals surface area contributed by atoms with Gasteiger partial charge in [-0.1, -0.05) is 6.92 Å². The van der Waals surface area contributed by atoms with Gasteiger partial charge < -0.3 is 9.84 Å². The highest BCUT2D eigenvalue weighted by molar-refractivity contribution is 4.87. The fourth-order valence-corrected chi connectivity index (χ4v) is 1.51. The second-order valence-electron chi connectivity index (χ2n) is 3.19. The van der Waals surface area contributed by atoms with Crippen LogP contribution in [0.1, 0.15) is 33.1 Å². The molecule has 2 nitrogen and oxygen atoms in total. The highest BCUT2D eigenvalue weighted by Gasteiger charge is 2.37. The molecule has 0 aromatic carbocycles. The Morgan fingerprint density at radius 1 is 1.70 bits per heavy atom. The van der Waals surface area contributed by atoms with Gasteiger partial charge in [-0.05, 0) is 19.8 Å². The Morgan fingerprint density at radius 3 is 2.40 bits per heavy atom. The first-order chi connectivity index (χ1) is 4.68. The van der Waals surface area contributed by atoms with Crippen LogP contribution in [0.25, 0.3) is 0 Å². The van der Waals surface area contributed by atoms with Crippen molar-refractivity contribution in [3.63, 3.8) is 0 Å². The molecule has 1 rings (SSSR count). The van der Waals surface area contributed by atoms with E-state index in [0.717, 1.165) is 25.9 Å². The first-order valence-corrected chi connectivity index (χ1v) is 4.00. The fourth-order valence-electron chi connectivity index (χ4n) is 1.51. The highest BCUT2D eigenvalue weighted by Crippen LogP contribution is 2.34. The van der Waals surface area contributed by atoms with Gasteiger partial charge in [0.2, 0.25) is 0 Å². The van der Waals surface area contributed by atoms with Crippen molar-refractivity contribution in [3.8, 4) is 0 Å². The van der Waals surface area contributed by atoms with Crippen LogP contribution < -0.4 is 0 Å². The second-order valence-corrected chi connectivity index (χ2v) is 3.19. The fraction of sp³-hybridized carbons (Fsp3) is 1.00. The normalized spacial score (nSPS) is 35.1. The van der Waals surface area contributed by atoms with Crippen LogP contribution in [0.2, 0.25) is 0 Å². The van der Waals surface area contributed by atoms with Gasteiger partial charge in [0.05, 0.1) is 18.3 Å². The number of aliphatic hydroxyl groups is 1. The van der Waals surface area contributed by atoms with E-state index >= 15 is 0 Å². The lowest BCUT2D eigenvalue weighted by Crippen LogP contribution is -2.45. The molecule has 0 saturated carbocycles. The van der Waals surface area contributed by atoms with Gasteiger partial charge in [0.15, 0.2) is 0 Å². The van der Waals surface area contributed by atoms with Gasteiger partial charge in [0, 0.05) is 6.42 Å². The third kappa shape index (κ3) is 1.50. The molecule has 1 aliphatic heterocycles. The summed E-state index contributed by atoms with van der Waals surface area (Å²) in [6.07, 6.45) is 2.72. The summed E-state index contributed by atoms with van der Waals surface area (Å²) in [6, 6.07) is 0. The Bertz CT molecular complexity index is 100. The zero-order valence-electron chi connectivity index (χ0n) is 6.76. The van der Waals surface area contributed by atoms with Gasteiger partial charge in [-0.15, -0.1) is 0 Å². The van der Waals surface area contributed by atoms with Crippen LogP contribution in [0.4, 0.5) is 0 Å². The minimum atomic E-state index is -0.222. The molecule has 2 unspecified atom stereocenters. The van der Waals surface area contributed by atoms with Crippen molar-refractivity contribution in [3.05, 3.63) is 0 Å². The Balaban J connectivity index is 2.33. The average molecular weight is 144 g/mol. The Morgan fingerprint density at radius 2 is 2.30 bits per heavy atom. The Labute approximate surface area is 62.2 Å². The number of rotatable bonds is 3. The molecule has 2 atom stereocenters. The van der Waals surface area contributed by atoms with Crippen molar-refractivity contribution in [1.82, 2.24) is 0 Å². The topological polar surface area (TPSA) is 29.5 Å². The summed E-state index contributed by atoms with van der Waals surface area (Å²) in [5, 5.41) is 9.10.